The molecule has 0 bridgehead atoms. The minimum atomic E-state index is -0.675. The highest BCUT2D eigenvalue weighted by atomic mass is 35.5. The maximum atomic E-state index is 13.1. The van der Waals surface area contributed by atoms with Gasteiger partial charge >= 0.3 is 0 Å². The van der Waals surface area contributed by atoms with Crippen LogP contribution in [-0.4, -0.2) is 37.1 Å². The third-order valence-electron chi connectivity index (χ3n) is 4.88. The first-order chi connectivity index (χ1) is 15.1. The lowest BCUT2D eigenvalue weighted by Crippen LogP contribution is -2.35. The molecule has 0 unspecified atom stereocenters. The molecule has 0 atom stereocenters. The molecule has 1 amide bonds. The van der Waals surface area contributed by atoms with E-state index in [9.17, 15) is 24.8 Å². The predicted molar refractivity (Wildman–Crippen MR) is 128 cm³/mol. The van der Waals surface area contributed by atoms with E-state index in [0.717, 1.165) is 26.8 Å². The average Bonchev–Trinajstić information content (AvgIpc) is 2.97. The van der Waals surface area contributed by atoms with Crippen LogP contribution in [0.25, 0.3) is 6.08 Å². The number of thioether (sulfide) groups is 1. The Morgan fingerprint density at radius 2 is 1.94 bits per heavy atom. The molecule has 1 aliphatic heterocycles. The van der Waals surface area contributed by atoms with Crippen molar-refractivity contribution in [3.63, 3.8) is 0 Å². The molecule has 0 radical (unpaired) electrons. The second-order valence-corrected chi connectivity index (χ2v) is 9.43. The number of pyridine rings is 1. The van der Waals surface area contributed by atoms with Crippen LogP contribution in [0.15, 0.2) is 34.0 Å². The lowest BCUT2D eigenvalue weighted by molar-refractivity contribution is -0.121. The molecule has 2 aromatic rings. The fourth-order valence-electron chi connectivity index (χ4n) is 3.30. The number of nitrogens with zero attached hydrogens (tertiary/aromatic N) is 3. The summed E-state index contributed by atoms with van der Waals surface area (Å²) in [5.74, 6) is -1.61. The van der Waals surface area contributed by atoms with Crippen LogP contribution in [0.3, 0.4) is 0 Å². The van der Waals surface area contributed by atoms with Gasteiger partial charge in [0, 0.05) is 11.1 Å². The highest BCUT2D eigenvalue weighted by Crippen LogP contribution is 2.33. The van der Waals surface area contributed by atoms with E-state index in [1.54, 1.807) is 50.3 Å². The van der Waals surface area contributed by atoms with Crippen molar-refractivity contribution in [2.24, 2.45) is 0 Å². The molecular weight excluding hydrogens is 470 g/mol. The van der Waals surface area contributed by atoms with Crippen LogP contribution in [0.1, 0.15) is 46.9 Å². The van der Waals surface area contributed by atoms with Crippen molar-refractivity contribution in [1.29, 1.82) is 5.26 Å². The first-order valence-electron chi connectivity index (χ1n) is 9.49. The highest BCUT2D eigenvalue weighted by Gasteiger charge is 2.35. The van der Waals surface area contributed by atoms with Crippen LogP contribution in [0.4, 0.5) is 0 Å². The van der Waals surface area contributed by atoms with Gasteiger partial charge in [0.1, 0.15) is 16.0 Å². The fourth-order valence-corrected chi connectivity index (χ4v) is 4.69. The van der Waals surface area contributed by atoms with Crippen molar-refractivity contribution in [3.05, 3.63) is 66.8 Å². The summed E-state index contributed by atoms with van der Waals surface area (Å²) in [6.45, 7) is 4.28. The molecule has 0 aliphatic carbocycles. The molecule has 1 fully saturated rings. The summed E-state index contributed by atoms with van der Waals surface area (Å²) >= 11 is 12.2. The van der Waals surface area contributed by atoms with Crippen LogP contribution in [0.2, 0.25) is 5.02 Å². The number of ketones is 1. The number of thiocarbonyl (C=S) groups is 1. The molecule has 32 heavy (non-hydrogen) atoms. The van der Waals surface area contributed by atoms with Gasteiger partial charge in [-0.05, 0) is 50.1 Å². The number of carbonyl (C=O) groups excluding carboxylic acids is 2. The largest absolute Gasteiger partial charge is 0.494 e. The second kappa shape index (κ2) is 9.28. The summed E-state index contributed by atoms with van der Waals surface area (Å²) in [5, 5.41) is 20.6. The van der Waals surface area contributed by atoms with Gasteiger partial charge in [0.15, 0.2) is 5.78 Å². The Hall–Kier alpha value is -2.93. The van der Waals surface area contributed by atoms with Gasteiger partial charge in [0.05, 0.1) is 17.0 Å². The number of carbonyl (C=O) groups is 2. The Balaban J connectivity index is 1.96. The van der Waals surface area contributed by atoms with E-state index in [0.29, 0.717) is 9.93 Å². The number of Topliss-reactive ketones (excluding diaryl/α,β-unsaturated/α-hetero) is 1. The van der Waals surface area contributed by atoms with Gasteiger partial charge in [0.25, 0.3) is 11.5 Å². The molecule has 0 saturated carbocycles. The molecule has 1 aromatic carbocycles. The summed E-state index contributed by atoms with van der Waals surface area (Å²) in [5.41, 5.74) is -0.263. The summed E-state index contributed by atoms with van der Waals surface area (Å²) < 4.78 is 1.18. The molecule has 1 aromatic heterocycles. The third-order valence-corrected chi connectivity index (χ3v) is 6.51. The van der Waals surface area contributed by atoms with Crippen LogP contribution in [0.5, 0.6) is 5.88 Å². The van der Waals surface area contributed by atoms with Gasteiger partial charge in [-0.3, -0.25) is 23.9 Å². The predicted octanol–water partition coefficient (Wildman–Crippen LogP) is 4.05. The number of halogens is 1. The average molecular weight is 488 g/mol. The smallest absolute Gasteiger partial charge is 0.271 e. The lowest BCUT2D eigenvalue weighted by Gasteiger charge is -2.19. The molecule has 164 valence electrons. The van der Waals surface area contributed by atoms with Crippen molar-refractivity contribution >= 4 is 57.7 Å². The van der Waals surface area contributed by atoms with Gasteiger partial charge in [-0.1, -0.05) is 47.7 Å². The van der Waals surface area contributed by atoms with Crippen molar-refractivity contribution in [1.82, 2.24) is 9.47 Å². The van der Waals surface area contributed by atoms with Crippen LogP contribution in [-0.2, 0) is 4.79 Å². The molecule has 1 saturated heterocycles. The Labute approximate surface area is 198 Å². The van der Waals surface area contributed by atoms with Gasteiger partial charge in [-0.2, -0.15) is 5.26 Å². The van der Waals surface area contributed by atoms with Crippen LogP contribution in [0, 0.1) is 18.3 Å². The standard InChI is InChI=1S/C22H18ClN3O4S2/c1-11(2)26-19(28)15(9-24)12(3)18(21(26)30)16(27)10-25-20(29)17(32-22(25)31)8-13-4-6-14(23)7-5-13/h4-8,11,30H,10H2,1-3H3/b17-8-. The number of amides is 1. The van der Waals surface area contributed by atoms with Gasteiger partial charge < -0.3 is 5.11 Å². The highest BCUT2D eigenvalue weighted by molar-refractivity contribution is 8.26. The number of aromatic nitrogens is 1. The van der Waals surface area contributed by atoms with Crippen molar-refractivity contribution in [2.75, 3.05) is 6.54 Å². The molecule has 10 heteroatoms. The number of aromatic hydroxyl groups is 1. The Morgan fingerprint density at radius 1 is 1.31 bits per heavy atom. The summed E-state index contributed by atoms with van der Waals surface area (Å²) in [7, 11) is 0. The monoisotopic (exact) mass is 487 g/mol. The Bertz CT molecular complexity index is 1270. The quantitative estimate of drug-likeness (QED) is 0.385. The van der Waals surface area contributed by atoms with E-state index in [1.807, 2.05) is 0 Å². The van der Waals surface area contributed by atoms with Gasteiger partial charge in [-0.25, -0.2) is 0 Å². The van der Waals surface area contributed by atoms with Crippen molar-refractivity contribution in [3.8, 4) is 11.9 Å². The zero-order valence-electron chi connectivity index (χ0n) is 17.4. The van der Waals surface area contributed by atoms with E-state index in [4.69, 9.17) is 23.8 Å². The zero-order valence-corrected chi connectivity index (χ0v) is 19.8. The Morgan fingerprint density at radius 3 is 2.50 bits per heavy atom. The molecule has 0 spiro atoms. The van der Waals surface area contributed by atoms with Gasteiger partial charge in [-0.15, -0.1) is 0 Å². The van der Waals surface area contributed by atoms with Crippen LogP contribution < -0.4 is 5.56 Å². The molecule has 2 heterocycles. The molecule has 1 aliphatic rings. The summed E-state index contributed by atoms with van der Waals surface area (Å²) in [6, 6.07) is 8.21. The zero-order chi connectivity index (χ0) is 23.7. The molecule has 1 N–H and O–H groups in total. The maximum absolute atomic E-state index is 13.1. The third kappa shape index (κ3) is 4.35. The maximum Gasteiger partial charge on any atom is 0.271 e. The SMILES string of the molecule is Cc1c(C(=O)CN2C(=O)/C(=C/c3ccc(Cl)cc3)SC2=S)c(O)n(C(C)C)c(=O)c1C#N. The first-order valence-corrected chi connectivity index (χ1v) is 11.1. The summed E-state index contributed by atoms with van der Waals surface area (Å²) in [6.07, 6.45) is 1.65. The molecular formula is C22H18ClN3O4S2. The number of hydrogen-bond acceptors (Lipinski definition) is 7. The topological polar surface area (TPSA) is 103 Å². The second-order valence-electron chi connectivity index (χ2n) is 7.32. The number of nitriles is 1. The number of rotatable bonds is 5. The number of hydrogen-bond donors (Lipinski definition) is 1. The van der Waals surface area contributed by atoms with Crippen molar-refractivity contribution < 1.29 is 14.7 Å². The first kappa shape index (κ1) is 23.7. The van der Waals surface area contributed by atoms with E-state index < -0.39 is 35.7 Å². The van der Waals surface area contributed by atoms with Crippen molar-refractivity contribution in [2.45, 2.75) is 26.8 Å². The summed E-state index contributed by atoms with van der Waals surface area (Å²) in [4.78, 5) is 40.0. The van der Waals surface area contributed by atoms with E-state index >= 15 is 0 Å². The normalized spacial score (nSPS) is 15.0. The van der Waals surface area contributed by atoms with E-state index in [2.05, 4.69) is 0 Å². The number of benzene rings is 1. The molecule has 7 nitrogen and oxygen atoms in total. The Kier molecular flexibility index (Phi) is 6.88. The lowest BCUT2D eigenvalue weighted by atomic mass is 10.0. The fraction of sp³-hybridized carbons (Fsp3) is 0.227. The van der Waals surface area contributed by atoms with E-state index in [-0.39, 0.29) is 21.0 Å². The molecule has 3 rings (SSSR count). The van der Waals surface area contributed by atoms with Crippen LogP contribution >= 0.6 is 35.6 Å². The minimum absolute atomic E-state index is 0.0686. The van der Waals surface area contributed by atoms with Gasteiger partial charge in [0.2, 0.25) is 5.88 Å². The van der Waals surface area contributed by atoms with E-state index in [1.165, 1.54) is 6.92 Å². The minimum Gasteiger partial charge on any atom is -0.494 e.